The Balaban J connectivity index is 1.41. The third-order valence-corrected chi connectivity index (χ3v) is 7.47. The molecule has 3 heterocycles. The van der Waals surface area contributed by atoms with Crippen LogP contribution in [0.5, 0.6) is 0 Å². The van der Waals surface area contributed by atoms with E-state index in [2.05, 4.69) is 33.7 Å². The van der Waals surface area contributed by atoms with Gasteiger partial charge in [0.1, 0.15) is 0 Å². The van der Waals surface area contributed by atoms with Gasteiger partial charge in [0, 0.05) is 30.4 Å². The highest BCUT2D eigenvalue weighted by Gasteiger charge is 2.28. The normalized spacial score (nSPS) is 20.9. The summed E-state index contributed by atoms with van der Waals surface area (Å²) in [6, 6.07) is 0.786. The summed E-state index contributed by atoms with van der Waals surface area (Å²) >= 11 is 1.67. The van der Waals surface area contributed by atoms with Gasteiger partial charge in [-0.3, -0.25) is 4.79 Å². The lowest BCUT2D eigenvalue weighted by Gasteiger charge is -2.41. The molecule has 3 rings (SSSR count). The van der Waals surface area contributed by atoms with E-state index < -0.39 is 0 Å². The standard InChI is InChI=1S/C21H36N4OS/c1-4-24(21(26)6-5-20-17(2)22-16-27-20)15-18-7-13-25(14-8-18)19-9-11-23(3)12-10-19/h16,18-19H,4-15H2,1-3H3. The highest BCUT2D eigenvalue weighted by Crippen LogP contribution is 2.24. The Hall–Kier alpha value is -0.980. The van der Waals surface area contributed by atoms with Crippen molar-refractivity contribution in [3.05, 3.63) is 16.1 Å². The molecule has 0 aromatic carbocycles. The number of aryl methyl sites for hydroxylation is 2. The number of thiazole rings is 1. The first-order valence-corrected chi connectivity index (χ1v) is 11.5. The number of nitrogens with zero attached hydrogens (tertiary/aromatic N) is 4. The molecule has 0 unspecified atom stereocenters. The summed E-state index contributed by atoms with van der Waals surface area (Å²) in [5.74, 6) is 0.976. The smallest absolute Gasteiger partial charge is 0.222 e. The Morgan fingerprint density at radius 3 is 2.52 bits per heavy atom. The predicted octanol–water partition coefficient (Wildman–Crippen LogP) is 3.04. The van der Waals surface area contributed by atoms with Crippen LogP contribution >= 0.6 is 11.3 Å². The minimum absolute atomic E-state index is 0.308. The van der Waals surface area contributed by atoms with Gasteiger partial charge in [0.25, 0.3) is 0 Å². The number of hydrogen-bond donors (Lipinski definition) is 0. The van der Waals surface area contributed by atoms with E-state index in [-0.39, 0.29) is 0 Å². The Morgan fingerprint density at radius 1 is 1.22 bits per heavy atom. The fourth-order valence-corrected chi connectivity index (χ4v) is 5.31. The molecule has 0 radical (unpaired) electrons. The van der Waals surface area contributed by atoms with E-state index in [0.717, 1.165) is 31.2 Å². The molecule has 2 aliphatic heterocycles. The van der Waals surface area contributed by atoms with Crippen molar-refractivity contribution in [2.24, 2.45) is 5.92 Å². The van der Waals surface area contributed by atoms with Crippen LogP contribution in [-0.2, 0) is 11.2 Å². The number of likely N-dealkylation sites (tertiary alicyclic amines) is 2. The van der Waals surface area contributed by atoms with E-state index in [1.165, 1.54) is 56.7 Å². The number of amides is 1. The Bertz CT molecular complexity index is 589. The zero-order valence-electron chi connectivity index (χ0n) is 17.3. The van der Waals surface area contributed by atoms with Crippen LogP contribution in [0, 0.1) is 12.8 Å². The molecule has 6 heteroatoms. The first kappa shape index (κ1) is 20.7. The third-order valence-electron chi connectivity index (χ3n) is 6.48. The minimum atomic E-state index is 0.308. The molecule has 1 aromatic heterocycles. The number of carbonyl (C=O) groups excluding carboxylic acids is 1. The highest BCUT2D eigenvalue weighted by atomic mass is 32.1. The van der Waals surface area contributed by atoms with Crippen LogP contribution in [0.2, 0.25) is 0 Å². The Kier molecular flexibility index (Phi) is 7.67. The molecule has 2 aliphatic rings. The largest absolute Gasteiger partial charge is 0.343 e. The van der Waals surface area contributed by atoms with Crippen LogP contribution in [0.25, 0.3) is 0 Å². The van der Waals surface area contributed by atoms with Crippen LogP contribution in [-0.4, -0.2) is 77.9 Å². The first-order valence-electron chi connectivity index (χ1n) is 10.7. The molecule has 0 saturated carbocycles. The summed E-state index contributed by atoms with van der Waals surface area (Å²) in [6.45, 7) is 10.8. The molecule has 0 N–H and O–H groups in total. The van der Waals surface area contributed by atoms with Gasteiger partial charge in [-0.15, -0.1) is 11.3 Å². The summed E-state index contributed by atoms with van der Waals surface area (Å²) in [4.78, 5) is 25.5. The number of carbonyl (C=O) groups is 1. The zero-order chi connectivity index (χ0) is 19.2. The second-order valence-electron chi connectivity index (χ2n) is 8.31. The first-order chi connectivity index (χ1) is 13.1. The van der Waals surface area contributed by atoms with Gasteiger partial charge in [0.05, 0.1) is 11.2 Å². The number of aromatic nitrogens is 1. The average Bonchev–Trinajstić information content (AvgIpc) is 3.10. The van der Waals surface area contributed by atoms with Crippen molar-refractivity contribution in [2.75, 3.05) is 46.3 Å². The molecule has 27 heavy (non-hydrogen) atoms. The zero-order valence-corrected chi connectivity index (χ0v) is 18.1. The molecule has 0 aliphatic carbocycles. The number of piperidine rings is 2. The fourth-order valence-electron chi connectivity index (χ4n) is 4.52. The molecular weight excluding hydrogens is 356 g/mol. The minimum Gasteiger partial charge on any atom is -0.343 e. The van der Waals surface area contributed by atoms with Crippen LogP contribution < -0.4 is 0 Å². The van der Waals surface area contributed by atoms with Crippen molar-refractivity contribution in [3.63, 3.8) is 0 Å². The second-order valence-corrected chi connectivity index (χ2v) is 9.25. The summed E-state index contributed by atoms with van der Waals surface area (Å²) in [6.07, 6.45) is 6.56. The van der Waals surface area contributed by atoms with Crippen molar-refractivity contribution < 1.29 is 4.79 Å². The molecular formula is C21H36N4OS. The van der Waals surface area contributed by atoms with Crippen LogP contribution in [0.4, 0.5) is 0 Å². The quantitative estimate of drug-likeness (QED) is 0.715. The van der Waals surface area contributed by atoms with Crippen LogP contribution in [0.15, 0.2) is 5.51 Å². The molecule has 0 bridgehead atoms. The summed E-state index contributed by atoms with van der Waals surface area (Å²) in [5.41, 5.74) is 2.96. The molecule has 152 valence electrons. The summed E-state index contributed by atoms with van der Waals surface area (Å²) < 4.78 is 0. The molecule has 0 atom stereocenters. The molecule has 2 fully saturated rings. The highest BCUT2D eigenvalue weighted by molar-refractivity contribution is 7.09. The maximum absolute atomic E-state index is 12.7. The molecule has 0 spiro atoms. The van der Waals surface area contributed by atoms with Crippen LogP contribution in [0.1, 0.15) is 49.6 Å². The van der Waals surface area contributed by atoms with Crippen LogP contribution in [0.3, 0.4) is 0 Å². The maximum atomic E-state index is 12.7. The third kappa shape index (κ3) is 5.75. The lowest BCUT2D eigenvalue weighted by atomic mass is 9.93. The fraction of sp³-hybridized carbons (Fsp3) is 0.810. The maximum Gasteiger partial charge on any atom is 0.222 e. The van der Waals surface area contributed by atoms with Gasteiger partial charge in [0.2, 0.25) is 5.91 Å². The van der Waals surface area contributed by atoms with Gasteiger partial charge in [-0.25, -0.2) is 4.98 Å². The summed E-state index contributed by atoms with van der Waals surface area (Å²) in [7, 11) is 2.23. The van der Waals surface area contributed by atoms with E-state index in [1.807, 2.05) is 12.4 Å². The Labute approximate surface area is 168 Å². The SMILES string of the molecule is CCN(CC1CCN(C2CCN(C)CC2)CC1)C(=O)CCc1scnc1C. The molecule has 2 saturated heterocycles. The van der Waals surface area contributed by atoms with E-state index in [9.17, 15) is 4.79 Å². The van der Waals surface area contributed by atoms with Crippen molar-refractivity contribution in [1.82, 2.24) is 19.7 Å². The molecule has 5 nitrogen and oxygen atoms in total. The van der Waals surface area contributed by atoms with E-state index >= 15 is 0 Å². The van der Waals surface area contributed by atoms with Crippen molar-refractivity contribution in [2.45, 2.75) is 58.4 Å². The van der Waals surface area contributed by atoms with Gasteiger partial charge < -0.3 is 14.7 Å². The topological polar surface area (TPSA) is 39.7 Å². The predicted molar refractivity (Wildman–Crippen MR) is 112 cm³/mol. The van der Waals surface area contributed by atoms with Gasteiger partial charge in [-0.05, 0) is 85.1 Å². The van der Waals surface area contributed by atoms with E-state index in [4.69, 9.17) is 0 Å². The number of hydrogen-bond acceptors (Lipinski definition) is 5. The lowest BCUT2D eigenvalue weighted by Crippen LogP contribution is -2.48. The monoisotopic (exact) mass is 392 g/mol. The van der Waals surface area contributed by atoms with Gasteiger partial charge in [0.15, 0.2) is 0 Å². The van der Waals surface area contributed by atoms with Crippen molar-refractivity contribution >= 4 is 17.2 Å². The Morgan fingerprint density at radius 2 is 1.93 bits per heavy atom. The van der Waals surface area contributed by atoms with E-state index in [1.54, 1.807) is 11.3 Å². The molecule has 1 amide bonds. The second kappa shape index (κ2) is 9.99. The van der Waals surface area contributed by atoms with Gasteiger partial charge in [-0.1, -0.05) is 0 Å². The number of rotatable bonds is 7. The lowest BCUT2D eigenvalue weighted by molar-refractivity contribution is -0.131. The molecule has 1 aromatic rings. The van der Waals surface area contributed by atoms with Gasteiger partial charge >= 0.3 is 0 Å². The van der Waals surface area contributed by atoms with Crippen molar-refractivity contribution in [1.29, 1.82) is 0 Å². The average molecular weight is 393 g/mol. The van der Waals surface area contributed by atoms with Gasteiger partial charge in [-0.2, -0.15) is 0 Å². The van der Waals surface area contributed by atoms with Crippen molar-refractivity contribution in [3.8, 4) is 0 Å². The van der Waals surface area contributed by atoms with E-state index in [0.29, 0.717) is 18.2 Å². The summed E-state index contributed by atoms with van der Waals surface area (Å²) in [5, 5.41) is 0.